The Balaban J connectivity index is 1.92. The standard InChI is InChI=1S/C21H20O6/c1-12-7-13(2)14(3)17(8-12)27-19-10-26-18-9-15(25-11-20(22)24-4)5-6-16(18)21(19)23/h5-10H,11H2,1-4H3. The summed E-state index contributed by atoms with van der Waals surface area (Å²) in [6, 6.07) is 8.66. The van der Waals surface area contributed by atoms with Gasteiger partial charge in [-0.25, -0.2) is 4.79 Å². The highest BCUT2D eigenvalue weighted by Gasteiger charge is 2.13. The van der Waals surface area contributed by atoms with Gasteiger partial charge in [0.1, 0.15) is 23.3 Å². The number of hydrogen-bond donors (Lipinski definition) is 0. The molecular weight excluding hydrogens is 348 g/mol. The van der Waals surface area contributed by atoms with Crippen molar-refractivity contribution in [1.82, 2.24) is 0 Å². The van der Waals surface area contributed by atoms with Crippen LogP contribution in [-0.2, 0) is 9.53 Å². The maximum absolute atomic E-state index is 12.7. The molecule has 0 amide bonds. The van der Waals surface area contributed by atoms with E-state index >= 15 is 0 Å². The van der Waals surface area contributed by atoms with Gasteiger partial charge in [0.15, 0.2) is 6.61 Å². The Morgan fingerprint density at radius 1 is 1.07 bits per heavy atom. The molecule has 0 fully saturated rings. The highest BCUT2D eigenvalue weighted by Crippen LogP contribution is 2.28. The van der Waals surface area contributed by atoms with Crippen molar-refractivity contribution < 1.29 is 23.4 Å². The molecule has 1 aromatic heterocycles. The van der Waals surface area contributed by atoms with E-state index in [1.54, 1.807) is 18.2 Å². The number of hydrogen-bond acceptors (Lipinski definition) is 6. The van der Waals surface area contributed by atoms with Crippen molar-refractivity contribution in [2.45, 2.75) is 20.8 Å². The summed E-state index contributed by atoms with van der Waals surface area (Å²) in [7, 11) is 1.28. The van der Waals surface area contributed by atoms with Crippen molar-refractivity contribution in [2.75, 3.05) is 13.7 Å². The first-order valence-corrected chi connectivity index (χ1v) is 8.40. The summed E-state index contributed by atoms with van der Waals surface area (Å²) in [6.07, 6.45) is 1.28. The monoisotopic (exact) mass is 368 g/mol. The molecule has 0 unspecified atom stereocenters. The Morgan fingerprint density at radius 3 is 2.59 bits per heavy atom. The molecule has 0 spiro atoms. The lowest BCUT2D eigenvalue weighted by atomic mass is 10.1. The van der Waals surface area contributed by atoms with Crippen LogP contribution in [0.3, 0.4) is 0 Å². The quantitative estimate of drug-likeness (QED) is 0.632. The van der Waals surface area contributed by atoms with Crippen LogP contribution < -0.4 is 14.9 Å². The van der Waals surface area contributed by atoms with Gasteiger partial charge in [0.2, 0.25) is 11.2 Å². The van der Waals surface area contributed by atoms with Crippen LogP contribution in [0.1, 0.15) is 16.7 Å². The van der Waals surface area contributed by atoms with Gasteiger partial charge in [-0.1, -0.05) is 6.07 Å². The lowest BCUT2D eigenvalue weighted by Crippen LogP contribution is -2.12. The number of rotatable bonds is 5. The number of methoxy groups -OCH3 is 1. The molecule has 3 aromatic rings. The van der Waals surface area contributed by atoms with Gasteiger partial charge in [-0.15, -0.1) is 0 Å². The summed E-state index contributed by atoms with van der Waals surface area (Å²) in [6.45, 7) is 5.68. The van der Waals surface area contributed by atoms with Crippen LogP contribution in [0, 0.1) is 20.8 Å². The smallest absolute Gasteiger partial charge is 0.343 e. The highest BCUT2D eigenvalue weighted by atomic mass is 16.6. The first-order chi connectivity index (χ1) is 12.9. The molecular formula is C21H20O6. The number of carbonyl (C=O) groups excluding carboxylic acids is 1. The summed E-state index contributed by atoms with van der Waals surface area (Å²) in [5.41, 5.74) is 3.15. The van der Waals surface area contributed by atoms with E-state index in [2.05, 4.69) is 10.8 Å². The third kappa shape index (κ3) is 3.95. The Labute approximate surface area is 156 Å². The molecule has 0 bridgehead atoms. The molecule has 6 heteroatoms. The molecule has 2 aromatic carbocycles. The van der Waals surface area contributed by atoms with Crippen LogP contribution in [0.15, 0.2) is 45.8 Å². The van der Waals surface area contributed by atoms with Crippen LogP contribution in [-0.4, -0.2) is 19.7 Å². The number of fused-ring (bicyclic) bond motifs is 1. The van der Waals surface area contributed by atoms with Gasteiger partial charge in [-0.05, 0) is 55.7 Å². The average molecular weight is 368 g/mol. The summed E-state index contributed by atoms with van der Waals surface area (Å²) in [5.74, 6) is 0.634. The summed E-state index contributed by atoms with van der Waals surface area (Å²) < 4.78 is 21.2. The molecule has 27 heavy (non-hydrogen) atoms. The molecule has 0 aliphatic carbocycles. The molecule has 1 heterocycles. The van der Waals surface area contributed by atoms with Gasteiger partial charge < -0.3 is 18.6 Å². The Kier molecular flexibility index (Phi) is 5.16. The van der Waals surface area contributed by atoms with Crippen molar-refractivity contribution >= 4 is 16.9 Å². The Morgan fingerprint density at radius 2 is 1.85 bits per heavy atom. The van der Waals surface area contributed by atoms with E-state index in [0.717, 1.165) is 16.7 Å². The SMILES string of the molecule is COC(=O)COc1ccc2c(=O)c(Oc3cc(C)cc(C)c3C)coc2c1. The van der Waals surface area contributed by atoms with E-state index in [4.69, 9.17) is 13.9 Å². The van der Waals surface area contributed by atoms with E-state index in [1.807, 2.05) is 26.8 Å². The number of aryl methyl sites for hydroxylation is 2. The molecule has 3 rings (SSSR count). The van der Waals surface area contributed by atoms with E-state index < -0.39 is 5.97 Å². The lowest BCUT2D eigenvalue weighted by Gasteiger charge is -2.12. The van der Waals surface area contributed by atoms with Crippen molar-refractivity contribution in [3.05, 3.63) is 63.5 Å². The van der Waals surface area contributed by atoms with Crippen LogP contribution >= 0.6 is 0 Å². The Bertz CT molecular complexity index is 1060. The lowest BCUT2D eigenvalue weighted by molar-refractivity contribution is -0.142. The number of carbonyl (C=O) groups is 1. The molecule has 0 N–H and O–H groups in total. The maximum atomic E-state index is 12.7. The Hall–Kier alpha value is -3.28. The van der Waals surface area contributed by atoms with Crippen LogP contribution in [0.2, 0.25) is 0 Å². The van der Waals surface area contributed by atoms with Gasteiger partial charge in [0.25, 0.3) is 0 Å². The minimum Gasteiger partial charge on any atom is -0.482 e. The van der Waals surface area contributed by atoms with Crippen molar-refractivity contribution in [3.8, 4) is 17.2 Å². The van der Waals surface area contributed by atoms with E-state index in [-0.39, 0.29) is 17.8 Å². The van der Waals surface area contributed by atoms with Crippen molar-refractivity contribution in [1.29, 1.82) is 0 Å². The van der Waals surface area contributed by atoms with Crippen LogP contribution in [0.25, 0.3) is 11.0 Å². The third-order valence-corrected chi connectivity index (χ3v) is 4.28. The van der Waals surface area contributed by atoms with E-state index in [9.17, 15) is 9.59 Å². The topological polar surface area (TPSA) is 75.0 Å². The molecule has 0 saturated heterocycles. The zero-order valence-electron chi connectivity index (χ0n) is 15.6. The molecule has 0 aliphatic rings. The van der Waals surface area contributed by atoms with Gasteiger partial charge in [0, 0.05) is 6.07 Å². The number of esters is 1. The molecule has 6 nitrogen and oxygen atoms in total. The maximum Gasteiger partial charge on any atom is 0.343 e. The summed E-state index contributed by atoms with van der Waals surface area (Å²) in [5, 5.41) is 0.361. The van der Waals surface area contributed by atoms with Gasteiger partial charge in [-0.2, -0.15) is 0 Å². The molecule has 140 valence electrons. The zero-order chi connectivity index (χ0) is 19.6. The fourth-order valence-electron chi connectivity index (χ4n) is 2.68. The number of ether oxygens (including phenoxy) is 3. The van der Waals surface area contributed by atoms with E-state index in [0.29, 0.717) is 22.5 Å². The fraction of sp³-hybridized carbons (Fsp3) is 0.238. The number of benzene rings is 2. The second-order valence-corrected chi connectivity index (χ2v) is 6.26. The minimum absolute atomic E-state index is 0.110. The van der Waals surface area contributed by atoms with Gasteiger partial charge in [0.05, 0.1) is 12.5 Å². The summed E-state index contributed by atoms with van der Waals surface area (Å²) in [4.78, 5) is 23.9. The minimum atomic E-state index is -0.496. The normalized spacial score (nSPS) is 10.7. The molecule has 0 radical (unpaired) electrons. The van der Waals surface area contributed by atoms with E-state index in [1.165, 1.54) is 13.4 Å². The van der Waals surface area contributed by atoms with Gasteiger partial charge in [-0.3, -0.25) is 4.79 Å². The largest absolute Gasteiger partial charge is 0.482 e. The fourth-order valence-corrected chi connectivity index (χ4v) is 2.68. The average Bonchev–Trinajstić information content (AvgIpc) is 2.65. The van der Waals surface area contributed by atoms with Crippen molar-refractivity contribution in [3.63, 3.8) is 0 Å². The predicted molar refractivity (Wildman–Crippen MR) is 101 cm³/mol. The predicted octanol–water partition coefficient (Wildman–Crippen LogP) is 4.06. The van der Waals surface area contributed by atoms with Crippen LogP contribution in [0.4, 0.5) is 0 Å². The molecule has 0 aliphatic heterocycles. The molecule has 0 saturated carbocycles. The van der Waals surface area contributed by atoms with Gasteiger partial charge >= 0.3 is 5.97 Å². The second kappa shape index (κ2) is 7.53. The van der Waals surface area contributed by atoms with Crippen LogP contribution in [0.5, 0.6) is 17.2 Å². The zero-order valence-corrected chi connectivity index (χ0v) is 15.6. The second-order valence-electron chi connectivity index (χ2n) is 6.26. The first kappa shape index (κ1) is 18.5. The third-order valence-electron chi connectivity index (χ3n) is 4.28. The molecule has 0 atom stereocenters. The highest BCUT2D eigenvalue weighted by molar-refractivity contribution is 5.79. The van der Waals surface area contributed by atoms with Crippen molar-refractivity contribution in [2.24, 2.45) is 0 Å². The summed E-state index contributed by atoms with van der Waals surface area (Å²) >= 11 is 0. The first-order valence-electron chi connectivity index (χ1n) is 8.40.